The van der Waals surface area contributed by atoms with Crippen LogP contribution in [0.2, 0.25) is 0 Å². The van der Waals surface area contributed by atoms with E-state index in [0.29, 0.717) is 5.39 Å². The zero-order valence-electron chi connectivity index (χ0n) is 11.4. The molecule has 3 rings (SSSR count). The lowest BCUT2D eigenvalue weighted by Crippen LogP contribution is -2.04. The van der Waals surface area contributed by atoms with E-state index in [1.165, 1.54) is 0 Å². The Morgan fingerprint density at radius 3 is 2.50 bits per heavy atom. The fraction of sp³-hybridized carbons (Fsp3) is 0.118. The number of methoxy groups -OCH3 is 1. The van der Waals surface area contributed by atoms with Gasteiger partial charge in [-0.25, -0.2) is 0 Å². The van der Waals surface area contributed by atoms with Crippen molar-refractivity contribution in [1.82, 2.24) is 4.98 Å². The second kappa shape index (κ2) is 4.85. The highest BCUT2D eigenvalue weighted by Gasteiger charge is 2.09. The van der Waals surface area contributed by atoms with Crippen LogP contribution in [0.25, 0.3) is 22.2 Å². The van der Waals surface area contributed by atoms with Gasteiger partial charge < -0.3 is 9.72 Å². The molecule has 0 radical (unpaired) electrons. The third-order valence-corrected chi connectivity index (χ3v) is 3.52. The summed E-state index contributed by atoms with van der Waals surface area (Å²) >= 11 is 0. The number of aromatic nitrogens is 1. The summed E-state index contributed by atoms with van der Waals surface area (Å²) in [7, 11) is 1.63. The molecule has 3 aromatic rings. The van der Waals surface area contributed by atoms with Gasteiger partial charge in [0.2, 0.25) is 0 Å². The van der Waals surface area contributed by atoms with Gasteiger partial charge in [-0.15, -0.1) is 0 Å². The van der Waals surface area contributed by atoms with E-state index < -0.39 is 0 Å². The van der Waals surface area contributed by atoms with Crippen LogP contribution in [0.4, 0.5) is 0 Å². The highest BCUT2D eigenvalue weighted by atomic mass is 16.5. The van der Waals surface area contributed by atoms with Gasteiger partial charge in [0.1, 0.15) is 5.75 Å². The molecular formula is C17H15NO2. The van der Waals surface area contributed by atoms with Crippen LogP contribution in [0.5, 0.6) is 5.75 Å². The summed E-state index contributed by atoms with van der Waals surface area (Å²) in [6.45, 7) is 1.95. The van der Waals surface area contributed by atoms with Crippen LogP contribution in [0.3, 0.4) is 0 Å². The molecular weight excluding hydrogens is 250 g/mol. The molecule has 0 saturated heterocycles. The summed E-state index contributed by atoms with van der Waals surface area (Å²) in [6, 6.07) is 15.1. The van der Waals surface area contributed by atoms with Crippen LogP contribution >= 0.6 is 0 Å². The number of aromatic amines is 1. The molecule has 3 nitrogen and oxygen atoms in total. The first-order chi connectivity index (χ1) is 9.70. The van der Waals surface area contributed by atoms with Crippen LogP contribution in [-0.4, -0.2) is 12.1 Å². The maximum absolute atomic E-state index is 12.3. The van der Waals surface area contributed by atoms with E-state index in [1.807, 2.05) is 43.3 Å². The number of pyridine rings is 1. The third-order valence-electron chi connectivity index (χ3n) is 3.52. The Morgan fingerprint density at radius 1 is 1.05 bits per heavy atom. The largest absolute Gasteiger partial charge is 0.496 e. The molecule has 0 aliphatic carbocycles. The van der Waals surface area contributed by atoms with Crippen LogP contribution in [0, 0.1) is 6.92 Å². The molecule has 0 atom stereocenters. The van der Waals surface area contributed by atoms with Crippen molar-refractivity contribution in [1.29, 1.82) is 0 Å². The highest BCUT2D eigenvalue weighted by Crippen LogP contribution is 2.26. The molecule has 0 saturated carbocycles. The van der Waals surface area contributed by atoms with Gasteiger partial charge in [0, 0.05) is 22.7 Å². The summed E-state index contributed by atoms with van der Waals surface area (Å²) < 4.78 is 5.32. The van der Waals surface area contributed by atoms with Crippen molar-refractivity contribution < 1.29 is 4.74 Å². The van der Waals surface area contributed by atoms with Gasteiger partial charge in [0.15, 0.2) is 5.43 Å². The molecule has 0 aliphatic rings. The van der Waals surface area contributed by atoms with Gasteiger partial charge in [-0.3, -0.25) is 4.79 Å². The molecule has 3 heteroatoms. The van der Waals surface area contributed by atoms with Crippen LogP contribution in [0.15, 0.2) is 53.3 Å². The molecule has 20 heavy (non-hydrogen) atoms. The first-order valence-electron chi connectivity index (χ1n) is 6.47. The number of nitrogens with one attached hydrogen (secondary N) is 1. The Kier molecular flexibility index (Phi) is 3.03. The van der Waals surface area contributed by atoms with Gasteiger partial charge >= 0.3 is 0 Å². The Bertz CT molecular complexity index is 820. The lowest BCUT2D eigenvalue weighted by atomic mass is 10.1. The lowest BCUT2D eigenvalue weighted by molar-refractivity contribution is 0.412. The fourth-order valence-electron chi connectivity index (χ4n) is 2.43. The Hall–Kier alpha value is -2.55. The van der Waals surface area contributed by atoms with E-state index >= 15 is 0 Å². The number of benzene rings is 2. The topological polar surface area (TPSA) is 42.1 Å². The second-order valence-electron chi connectivity index (χ2n) is 4.73. The van der Waals surface area contributed by atoms with E-state index in [4.69, 9.17) is 4.74 Å². The Morgan fingerprint density at radius 2 is 1.80 bits per heavy atom. The summed E-state index contributed by atoms with van der Waals surface area (Å²) in [5, 5.41) is 0.683. The van der Waals surface area contributed by atoms with Gasteiger partial charge in [0.25, 0.3) is 0 Å². The molecule has 0 unspecified atom stereocenters. The average molecular weight is 265 g/mol. The Balaban J connectivity index is 2.33. The normalized spacial score (nSPS) is 10.7. The van der Waals surface area contributed by atoms with E-state index in [-0.39, 0.29) is 5.43 Å². The van der Waals surface area contributed by atoms with E-state index in [0.717, 1.165) is 28.1 Å². The molecule has 1 N–H and O–H groups in total. The van der Waals surface area contributed by atoms with Crippen molar-refractivity contribution in [3.63, 3.8) is 0 Å². The highest BCUT2D eigenvalue weighted by molar-refractivity contribution is 5.86. The number of hydrogen-bond donors (Lipinski definition) is 1. The second-order valence-corrected chi connectivity index (χ2v) is 4.73. The predicted octanol–water partition coefficient (Wildman–Crippen LogP) is 3.51. The number of aryl methyl sites for hydroxylation is 1. The first-order valence-corrected chi connectivity index (χ1v) is 6.47. The maximum atomic E-state index is 12.3. The zero-order valence-corrected chi connectivity index (χ0v) is 11.4. The smallest absolute Gasteiger partial charge is 0.190 e. The van der Waals surface area contributed by atoms with Crippen molar-refractivity contribution in [3.05, 3.63) is 64.3 Å². The first kappa shape index (κ1) is 12.5. The van der Waals surface area contributed by atoms with Gasteiger partial charge in [-0.2, -0.15) is 0 Å². The van der Waals surface area contributed by atoms with Gasteiger partial charge in [0.05, 0.1) is 12.6 Å². The number of hydrogen-bond acceptors (Lipinski definition) is 2. The van der Waals surface area contributed by atoms with Gasteiger partial charge in [-0.1, -0.05) is 30.3 Å². The molecule has 0 spiro atoms. The average Bonchev–Trinajstić information content (AvgIpc) is 2.49. The molecule has 1 heterocycles. The molecule has 0 aliphatic heterocycles. The zero-order chi connectivity index (χ0) is 14.1. The number of ether oxygens (including phenoxy) is 1. The lowest BCUT2D eigenvalue weighted by Gasteiger charge is -2.10. The third kappa shape index (κ3) is 1.97. The van der Waals surface area contributed by atoms with Crippen molar-refractivity contribution in [3.8, 4) is 17.0 Å². The molecule has 0 bridgehead atoms. The molecule has 1 aromatic heterocycles. The van der Waals surface area contributed by atoms with Crippen molar-refractivity contribution in [2.24, 2.45) is 0 Å². The molecule has 0 fully saturated rings. The maximum Gasteiger partial charge on any atom is 0.190 e. The van der Waals surface area contributed by atoms with Crippen molar-refractivity contribution >= 4 is 10.9 Å². The monoisotopic (exact) mass is 265 g/mol. The van der Waals surface area contributed by atoms with E-state index in [9.17, 15) is 4.79 Å². The van der Waals surface area contributed by atoms with Crippen LogP contribution < -0.4 is 10.2 Å². The summed E-state index contributed by atoms with van der Waals surface area (Å²) in [5.74, 6) is 0.776. The van der Waals surface area contributed by atoms with E-state index in [1.54, 1.807) is 19.2 Å². The molecule has 0 amide bonds. The summed E-state index contributed by atoms with van der Waals surface area (Å²) in [6.07, 6.45) is 0. The fourth-order valence-corrected chi connectivity index (χ4v) is 2.43. The SMILES string of the molecule is COc1ccc2c(=O)cc(-c3ccccc3)[nH]c2c1C. The van der Waals surface area contributed by atoms with Crippen molar-refractivity contribution in [2.75, 3.05) is 7.11 Å². The minimum absolute atomic E-state index is 0.0170. The minimum atomic E-state index is 0.0170. The quantitative estimate of drug-likeness (QED) is 0.770. The molecule has 2 aromatic carbocycles. The summed E-state index contributed by atoms with van der Waals surface area (Å²) in [4.78, 5) is 15.6. The standard InChI is InChI=1S/C17H15NO2/c1-11-16(20-2)9-8-13-15(19)10-14(18-17(11)13)12-6-4-3-5-7-12/h3-10H,1-2H3,(H,18,19). The number of H-pyrrole nitrogens is 1. The van der Waals surface area contributed by atoms with E-state index in [2.05, 4.69) is 4.98 Å². The summed E-state index contributed by atoms with van der Waals surface area (Å²) in [5.41, 5.74) is 3.60. The van der Waals surface area contributed by atoms with Crippen LogP contribution in [0.1, 0.15) is 5.56 Å². The van der Waals surface area contributed by atoms with Crippen molar-refractivity contribution in [2.45, 2.75) is 6.92 Å². The minimum Gasteiger partial charge on any atom is -0.496 e. The van der Waals surface area contributed by atoms with Crippen LogP contribution in [-0.2, 0) is 0 Å². The Labute approximate surface area is 116 Å². The molecule has 100 valence electrons. The number of rotatable bonds is 2. The predicted molar refractivity (Wildman–Crippen MR) is 81.3 cm³/mol. The number of fused-ring (bicyclic) bond motifs is 1. The van der Waals surface area contributed by atoms with Gasteiger partial charge in [-0.05, 0) is 24.6 Å².